The molecule has 0 unspecified atom stereocenters. The number of carboxylic acids is 1. The first-order valence-electron chi connectivity index (χ1n) is 12.8. The number of aromatic nitrogens is 4. The maximum atomic E-state index is 13.7. The fourth-order valence-electron chi connectivity index (χ4n) is 4.79. The third-order valence-corrected chi connectivity index (χ3v) is 6.96. The zero-order chi connectivity index (χ0) is 30.2. The van der Waals surface area contributed by atoms with E-state index >= 15 is 0 Å². The monoisotopic (exact) mass is 586 g/mol. The van der Waals surface area contributed by atoms with Gasteiger partial charge in [-0.25, -0.2) is 19.7 Å². The molecule has 5 rings (SSSR count). The van der Waals surface area contributed by atoms with Crippen molar-refractivity contribution in [2.45, 2.75) is 50.5 Å². The molecule has 3 heterocycles. The number of alkyl halides is 3. The van der Waals surface area contributed by atoms with Crippen molar-refractivity contribution in [1.29, 1.82) is 0 Å². The number of fused-ring (bicyclic) bond motifs is 1. The Morgan fingerprint density at radius 1 is 1.05 bits per heavy atom. The molecule has 0 radical (unpaired) electrons. The molecule has 2 aromatic carbocycles. The van der Waals surface area contributed by atoms with Crippen LogP contribution in [0.4, 0.5) is 13.2 Å². The third-order valence-electron chi connectivity index (χ3n) is 6.96. The van der Waals surface area contributed by atoms with Gasteiger partial charge >= 0.3 is 12.1 Å². The minimum Gasteiger partial charge on any atom is -0.491 e. The molecule has 0 spiro atoms. The molecule has 0 aliphatic carbocycles. The molecule has 1 aliphatic heterocycles. The number of aromatic carboxylic acids is 1. The van der Waals surface area contributed by atoms with Crippen LogP contribution in [0.2, 0.25) is 0 Å². The largest absolute Gasteiger partial charge is 0.491 e. The summed E-state index contributed by atoms with van der Waals surface area (Å²) >= 11 is 0. The summed E-state index contributed by atoms with van der Waals surface area (Å²) in [4.78, 5) is 36.6. The van der Waals surface area contributed by atoms with E-state index in [2.05, 4.69) is 15.0 Å². The van der Waals surface area contributed by atoms with Crippen LogP contribution in [-0.2, 0) is 17.3 Å². The van der Waals surface area contributed by atoms with Crippen molar-refractivity contribution in [1.82, 2.24) is 19.5 Å². The highest BCUT2D eigenvalue weighted by molar-refractivity contribution is 6.05. The minimum atomic E-state index is -4.72. The quantitative estimate of drug-likeness (QED) is 0.249. The molecule has 0 amide bonds. The highest BCUT2D eigenvalue weighted by Gasteiger charge is 2.45. The number of ketones is 1. The molecule has 11 nitrogen and oxygen atoms in total. The van der Waals surface area contributed by atoms with E-state index in [0.29, 0.717) is 16.9 Å². The van der Waals surface area contributed by atoms with Gasteiger partial charge in [0.25, 0.3) is 0 Å². The lowest BCUT2D eigenvalue weighted by Gasteiger charge is -2.18. The Hall–Kier alpha value is -4.40. The lowest BCUT2D eigenvalue weighted by Crippen LogP contribution is -2.34. The lowest BCUT2D eigenvalue weighted by atomic mass is 9.97. The van der Waals surface area contributed by atoms with Crippen LogP contribution in [-0.4, -0.2) is 71.5 Å². The normalized spacial score (nSPS) is 20.6. The van der Waals surface area contributed by atoms with Gasteiger partial charge in [-0.15, -0.1) is 0 Å². The second-order valence-electron chi connectivity index (χ2n) is 9.78. The van der Waals surface area contributed by atoms with Gasteiger partial charge in [-0.05, 0) is 43.2 Å². The van der Waals surface area contributed by atoms with Crippen molar-refractivity contribution in [3.05, 3.63) is 83.1 Å². The molecular weight excluding hydrogens is 561 g/mol. The highest BCUT2D eigenvalue weighted by Crippen LogP contribution is 2.35. The van der Waals surface area contributed by atoms with Crippen molar-refractivity contribution in [3.8, 4) is 5.75 Å². The number of nitrogens with zero attached hydrogens (tertiary/aromatic N) is 4. The van der Waals surface area contributed by atoms with Crippen molar-refractivity contribution < 1.29 is 47.6 Å². The van der Waals surface area contributed by atoms with Crippen LogP contribution in [0.15, 0.2) is 55.1 Å². The van der Waals surface area contributed by atoms with Crippen LogP contribution in [0.25, 0.3) is 11.2 Å². The first-order chi connectivity index (χ1) is 19.9. The number of Topliss-reactive ketones (excluding diaryl/α,β-unsaturated/α-hetero) is 1. The number of rotatable bonds is 9. The minimum absolute atomic E-state index is 0.0405. The van der Waals surface area contributed by atoms with Crippen molar-refractivity contribution >= 4 is 22.9 Å². The summed E-state index contributed by atoms with van der Waals surface area (Å²) in [6.07, 6.45) is -7.45. The Bertz CT molecular complexity index is 1640. The molecule has 4 aromatic rings. The van der Waals surface area contributed by atoms with Gasteiger partial charge in [-0.1, -0.05) is 18.2 Å². The van der Waals surface area contributed by atoms with Gasteiger partial charge in [-0.2, -0.15) is 13.2 Å². The lowest BCUT2D eigenvalue weighted by molar-refractivity contribution is -0.137. The Morgan fingerprint density at radius 3 is 2.50 bits per heavy atom. The van der Waals surface area contributed by atoms with E-state index in [1.807, 2.05) is 0 Å². The smallest absolute Gasteiger partial charge is 0.416 e. The molecule has 0 saturated carbocycles. The van der Waals surface area contributed by atoms with Crippen molar-refractivity contribution in [3.63, 3.8) is 0 Å². The number of aryl methyl sites for hydroxylation is 2. The second-order valence-corrected chi connectivity index (χ2v) is 9.78. The van der Waals surface area contributed by atoms with Gasteiger partial charge in [0.2, 0.25) is 0 Å². The van der Waals surface area contributed by atoms with E-state index in [1.165, 1.54) is 47.6 Å². The van der Waals surface area contributed by atoms with Crippen LogP contribution >= 0.6 is 0 Å². The summed E-state index contributed by atoms with van der Waals surface area (Å²) < 4.78 is 53.8. The second kappa shape index (κ2) is 11.5. The Labute approximate surface area is 236 Å². The standard InChI is InChI=1S/C28H25F3N4O7/c1-14-22-25(33-12-32-14)35(13-34-22)26-24(38)23(37)21(42-26)11-41-17-9-15(8-16(10-17)28(29,30)31)6-7-20(36)18-4-2-3-5-19(18)27(39)40/h2-5,8-10,12-13,21,23-24,26,37-38H,6-7,11H2,1H3,(H,39,40)/t21-,23-,24-,26-/m1/s1. The van der Waals surface area contributed by atoms with Gasteiger partial charge in [0.1, 0.15) is 42.5 Å². The van der Waals surface area contributed by atoms with Crippen LogP contribution in [0.5, 0.6) is 5.75 Å². The molecule has 14 heteroatoms. The Balaban J connectivity index is 1.31. The number of carbonyl (C=O) groups is 2. The number of aliphatic hydroxyl groups excluding tert-OH is 2. The summed E-state index contributed by atoms with van der Waals surface area (Å²) in [6, 6.07) is 8.58. The predicted molar refractivity (Wildman–Crippen MR) is 139 cm³/mol. The zero-order valence-electron chi connectivity index (χ0n) is 22.0. The van der Waals surface area contributed by atoms with E-state index in [1.54, 1.807) is 6.92 Å². The topological polar surface area (TPSA) is 157 Å². The Kier molecular flexibility index (Phi) is 7.95. The van der Waals surface area contributed by atoms with Gasteiger partial charge in [0.15, 0.2) is 17.7 Å². The summed E-state index contributed by atoms with van der Waals surface area (Å²) in [7, 11) is 0. The summed E-state index contributed by atoms with van der Waals surface area (Å²) in [6.45, 7) is 1.33. The number of hydrogen-bond acceptors (Lipinski definition) is 9. The number of benzene rings is 2. The maximum absolute atomic E-state index is 13.7. The van der Waals surface area contributed by atoms with Gasteiger partial charge in [0.05, 0.1) is 23.1 Å². The van der Waals surface area contributed by atoms with E-state index in [9.17, 15) is 38.1 Å². The molecule has 0 bridgehead atoms. The van der Waals surface area contributed by atoms with Crippen LogP contribution in [0.3, 0.4) is 0 Å². The maximum Gasteiger partial charge on any atom is 0.416 e. The highest BCUT2D eigenvalue weighted by atomic mass is 19.4. The fraction of sp³-hybridized carbons (Fsp3) is 0.321. The van der Waals surface area contributed by atoms with Gasteiger partial charge in [-0.3, -0.25) is 9.36 Å². The zero-order valence-corrected chi connectivity index (χ0v) is 22.0. The molecule has 220 valence electrons. The molecule has 3 N–H and O–H groups in total. The predicted octanol–water partition coefficient (Wildman–Crippen LogP) is 3.37. The van der Waals surface area contributed by atoms with E-state index in [0.717, 1.165) is 12.1 Å². The van der Waals surface area contributed by atoms with Crippen molar-refractivity contribution in [2.75, 3.05) is 6.61 Å². The number of carbonyl (C=O) groups excluding carboxylic acids is 1. The number of imidazole rings is 1. The molecule has 1 saturated heterocycles. The first-order valence-corrected chi connectivity index (χ1v) is 12.8. The molecule has 42 heavy (non-hydrogen) atoms. The number of carboxylic acid groups (broad SMARTS) is 1. The summed E-state index contributed by atoms with van der Waals surface area (Å²) in [5.74, 6) is -2.02. The molecule has 1 fully saturated rings. The Morgan fingerprint density at radius 2 is 1.79 bits per heavy atom. The van der Waals surface area contributed by atoms with E-state index < -0.39 is 54.6 Å². The van der Waals surface area contributed by atoms with Crippen LogP contribution in [0.1, 0.15) is 50.2 Å². The van der Waals surface area contributed by atoms with Gasteiger partial charge < -0.3 is 24.8 Å². The average Bonchev–Trinajstić information content (AvgIpc) is 3.51. The van der Waals surface area contributed by atoms with Gasteiger partial charge in [0, 0.05) is 12.0 Å². The van der Waals surface area contributed by atoms with Crippen LogP contribution < -0.4 is 4.74 Å². The fourth-order valence-corrected chi connectivity index (χ4v) is 4.79. The number of halogens is 3. The molecule has 2 aromatic heterocycles. The summed E-state index contributed by atoms with van der Waals surface area (Å²) in [5, 5.41) is 30.6. The molecule has 1 aliphatic rings. The third kappa shape index (κ3) is 5.82. The number of ether oxygens (including phenoxy) is 2. The van der Waals surface area contributed by atoms with Crippen LogP contribution in [0, 0.1) is 6.92 Å². The first kappa shape index (κ1) is 29.1. The number of hydrogen-bond donors (Lipinski definition) is 3. The summed E-state index contributed by atoms with van der Waals surface area (Å²) in [5.41, 5.74) is 0.316. The molecule has 4 atom stereocenters. The van der Waals surface area contributed by atoms with Crippen molar-refractivity contribution in [2.24, 2.45) is 0 Å². The van der Waals surface area contributed by atoms with E-state index in [-0.39, 0.29) is 35.3 Å². The number of aliphatic hydroxyl groups is 2. The molecular formula is C28H25F3N4O7. The van der Waals surface area contributed by atoms with E-state index in [4.69, 9.17) is 9.47 Å². The SMILES string of the molecule is Cc1ncnc2c1ncn2[C@@H]1O[C@H](COc2cc(CCC(=O)c3ccccc3C(=O)O)cc(C(F)(F)F)c2)[C@@H](O)[C@H]1O. The average molecular weight is 587 g/mol.